The Hall–Kier alpha value is -1.31. The molecule has 0 spiro atoms. The van der Waals surface area contributed by atoms with Gasteiger partial charge in [-0.1, -0.05) is 31.0 Å². The van der Waals surface area contributed by atoms with Crippen LogP contribution < -0.4 is 0 Å². The summed E-state index contributed by atoms with van der Waals surface area (Å²) >= 11 is 0. The lowest BCUT2D eigenvalue weighted by Crippen LogP contribution is -2.30. The van der Waals surface area contributed by atoms with Crippen molar-refractivity contribution in [2.75, 3.05) is 0 Å². The first-order valence-corrected chi connectivity index (χ1v) is 6.33. The maximum absolute atomic E-state index is 11.5. The predicted molar refractivity (Wildman–Crippen MR) is 68.2 cm³/mol. The molecule has 17 heavy (non-hydrogen) atoms. The van der Waals surface area contributed by atoms with Crippen LogP contribution >= 0.6 is 0 Å². The standard InChI is InChI=1S/C15H20O2/c1-11-5-6-13(9-12(11)2)10-15(14(16)17)7-3-4-8-15/h5-6,9H,3-4,7-8,10H2,1-2H3,(H,16,17). The lowest BCUT2D eigenvalue weighted by molar-refractivity contribution is -0.148. The highest BCUT2D eigenvalue weighted by Crippen LogP contribution is 2.41. The summed E-state index contributed by atoms with van der Waals surface area (Å²) in [5, 5.41) is 9.45. The van der Waals surface area contributed by atoms with Gasteiger partial charge in [-0.05, 0) is 49.8 Å². The number of aryl methyl sites for hydroxylation is 2. The van der Waals surface area contributed by atoms with Crippen molar-refractivity contribution in [3.05, 3.63) is 34.9 Å². The minimum absolute atomic E-state index is 0.498. The molecular formula is C15H20O2. The molecule has 1 saturated carbocycles. The Morgan fingerprint density at radius 3 is 2.41 bits per heavy atom. The first-order chi connectivity index (χ1) is 8.03. The quantitative estimate of drug-likeness (QED) is 0.866. The topological polar surface area (TPSA) is 37.3 Å². The van der Waals surface area contributed by atoms with E-state index in [4.69, 9.17) is 0 Å². The SMILES string of the molecule is Cc1ccc(CC2(C(=O)O)CCCC2)cc1C. The van der Waals surface area contributed by atoms with Gasteiger partial charge in [0.1, 0.15) is 0 Å². The number of aliphatic carboxylic acids is 1. The molecule has 0 aliphatic heterocycles. The van der Waals surface area contributed by atoms with E-state index in [9.17, 15) is 9.90 Å². The van der Waals surface area contributed by atoms with Gasteiger partial charge in [-0.15, -0.1) is 0 Å². The minimum atomic E-state index is -0.617. The number of carbonyl (C=O) groups is 1. The second kappa shape index (κ2) is 4.52. The van der Waals surface area contributed by atoms with E-state index >= 15 is 0 Å². The van der Waals surface area contributed by atoms with Crippen LogP contribution in [0.2, 0.25) is 0 Å². The molecule has 0 amide bonds. The molecule has 1 aromatic carbocycles. The van der Waals surface area contributed by atoms with E-state index in [-0.39, 0.29) is 0 Å². The van der Waals surface area contributed by atoms with Crippen molar-refractivity contribution < 1.29 is 9.90 Å². The molecule has 92 valence electrons. The minimum Gasteiger partial charge on any atom is -0.481 e. The molecular weight excluding hydrogens is 212 g/mol. The van der Waals surface area contributed by atoms with Crippen LogP contribution in [0.4, 0.5) is 0 Å². The molecule has 2 heteroatoms. The molecule has 0 saturated heterocycles. The Labute approximate surface area is 103 Å². The first kappa shape index (κ1) is 12.2. The maximum atomic E-state index is 11.5. The number of hydrogen-bond donors (Lipinski definition) is 1. The van der Waals surface area contributed by atoms with Gasteiger partial charge >= 0.3 is 5.97 Å². The van der Waals surface area contributed by atoms with Gasteiger partial charge in [0.2, 0.25) is 0 Å². The van der Waals surface area contributed by atoms with Gasteiger partial charge in [-0.3, -0.25) is 4.79 Å². The summed E-state index contributed by atoms with van der Waals surface area (Å²) < 4.78 is 0. The number of benzene rings is 1. The Morgan fingerprint density at radius 1 is 1.24 bits per heavy atom. The summed E-state index contributed by atoms with van der Waals surface area (Å²) in [4.78, 5) is 11.5. The van der Waals surface area contributed by atoms with E-state index < -0.39 is 11.4 Å². The summed E-state index contributed by atoms with van der Waals surface area (Å²) in [5.41, 5.74) is 3.19. The third-order valence-corrected chi connectivity index (χ3v) is 4.13. The second-order valence-electron chi connectivity index (χ2n) is 5.39. The highest BCUT2D eigenvalue weighted by Gasteiger charge is 2.41. The fourth-order valence-corrected chi connectivity index (χ4v) is 2.82. The molecule has 0 aromatic heterocycles. The molecule has 0 bridgehead atoms. The van der Waals surface area contributed by atoms with Crippen LogP contribution in [-0.4, -0.2) is 11.1 Å². The van der Waals surface area contributed by atoms with Gasteiger partial charge < -0.3 is 5.11 Å². The lowest BCUT2D eigenvalue weighted by Gasteiger charge is -2.24. The van der Waals surface area contributed by atoms with Crippen LogP contribution in [0.1, 0.15) is 42.4 Å². The van der Waals surface area contributed by atoms with Gasteiger partial charge in [0.15, 0.2) is 0 Å². The highest BCUT2D eigenvalue weighted by molar-refractivity contribution is 5.75. The van der Waals surface area contributed by atoms with Gasteiger partial charge in [-0.2, -0.15) is 0 Å². The van der Waals surface area contributed by atoms with Gasteiger partial charge in [0, 0.05) is 0 Å². The number of rotatable bonds is 3. The van der Waals surface area contributed by atoms with E-state index in [1.165, 1.54) is 11.1 Å². The zero-order valence-corrected chi connectivity index (χ0v) is 10.6. The van der Waals surface area contributed by atoms with Gasteiger partial charge in [0.25, 0.3) is 0 Å². The molecule has 1 aliphatic rings. The van der Waals surface area contributed by atoms with Crippen LogP contribution in [0.5, 0.6) is 0 Å². The summed E-state index contributed by atoms with van der Waals surface area (Å²) in [5.74, 6) is -0.617. The summed E-state index contributed by atoms with van der Waals surface area (Å²) in [7, 11) is 0. The Balaban J connectivity index is 2.23. The molecule has 1 aliphatic carbocycles. The predicted octanol–water partition coefficient (Wildman–Crippen LogP) is 3.49. The molecule has 0 radical (unpaired) electrons. The van der Waals surface area contributed by atoms with Crippen molar-refractivity contribution in [1.29, 1.82) is 0 Å². The van der Waals surface area contributed by atoms with E-state index in [0.717, 1.165) is 31.2 Å². The normalized spacial score (nSPS) is 18.2. The zero-order chi connectivity index (χ0) is 12.5. The van der Waals surface area contributed by atoms with E-state index in [1.807, 2.05) is 0 Å². The molecule has 2 rings (SSSR count). The van der Waals surface area contributed by atoms with Crippen molar-refractivity contribution in [3.63, 3.8) is 0 Å². The molecule has 0 unspecified atom stereocenters. The zero-order valence-electron chi connectivity index (χ0n) is 10.6. The van der Waals surface area contributed by atoms with Crippen LogP contribution in [-0.2, 0) is 11.2 Å². The third kappa shape index (κ3) is 2.36. The molecule has 1 N–H and O–H groups in total. The fraction of sp³-hybridized carbons (Fsp3) is 0.533. The van der Waals surface area contributed by atoms with E-state index in [2.05, 4.69) is 32.0 Å². The Morgan fingerprint density at radius 2 is 1.88 bits per heavy atom. The number of carboxylic acid groups (broad SMARTS) is 1. The van der Waals surface area contributed by atoms with Crippen molar-refractivity contribution in [2.24, 2.45) is 5.41 Å². The summed E-state index contributed by atoms with van der Waals surface area (Å²) in [6, 6.07) is 6.30. The van der Waals surface area contributed by atoms with E-state index in [0.29, 0.717) is 6.42 Å². The molecule has 1 aromatic rings. The fourth-order valence-electron chi connectivity index (χ4n) is 2.82. The first-order valence-electron chi connectivity index (χ1n) is 6.33. The monoisotopic (exact) mass is 232 g/mol. The van der Waals surface area contributed by atoms with Crippen molar-refractivity contribution >= 4 is 5.97 Å². The van der Waals surface area contributed by atoms with Crippen LogP contribution in [0.25, 0.3) is 0 Å². The molecule has 2 nitrogen and oxygen atoms in total. The Kier molecular flexibility index (Phi) is 3.23. The third-order valence-electron chi connectivity index (χ3n) is 4.13. The second-order valence-corrected chi connectivity index (χ2v) is 5.39. The average molecular weight is 232 g/mol. The largest absolute Gasteiger partial charge is 0.481 e. The van der Waals surface area contributed by atoms with Gasteiger partial charge in [-0.25, -0.2) is 0 Å². The van der Waals surface area contributed by atoms with Crippen LogP contribution in [0.15, 0.2) is 18.2 Å². The Bertz CT molecular complexity index is 429. The number of carboxylic acids is 1. The van der Waals surface area contributed by atoms with E-state index in [1.54, 1.807) is 0 Å². The van der Waals surface area contributed by atoms with Crippen LogP contribution in [0, 0.1) is 19.3 Å². The molecule has 0 atom stereocenters. The number of hydrogen-bond acceptors (Lipinski definition) is 1. The van der Waals surface area contributed by atoms with Crippen molar-refractivity contribution in [1.82, 2.24) is 0 Å². The maximum Gasteiger partial charge on any atom is 0.309 e. The van der Waals surface area contributed by atoms with Gasteiger partial charge in [0.05, 0.1) is 5.41 Å². The van der Waals surface area contributed by atoms with Crippen molar-refractivity contribution in [3.8, 4) is 0 Å². The smallest absolute Gasteiger partial charge is 0.309 e. The molecule has 0 heterocycles. The highest BCUT2D eigenvalue weighted by atomic mass is 16.4. The average Bonchev–Trinajstić information content (AvgIpc) is 2.73. The van der Waals surface area contributed by atoms with Crippen LogP contribution in [0.3, 0.4) is 0 Å². The summed E-state index contributed by atoms with van der Waals surface area (Å²) in [6.07, 6.45) is 4.45. The summed E-state index contributed by atoms with van der Waals surface area (Å²) in [6.45, 7) is 4.17. The molecule has 1 fully saturated rings. The lowest BCUT2D eigenvalue weighted by atomic mass is 9.80. The van der Waals surface area contributed by atoms with Crippen molar-refractivity contribution in [2.45, 2.75) is 46.0 Å².